The number of ketones is 1. The van der Waals surface area contributed by atoms with Crippen molar-refractivity contribution in [2.75, 3.05) is 0 Å². The summed E-state index contributed by atoms with van der Waals surface area (Å²) in [4.78, 5) is 21.6. The van der Waals surface area contributed by atoms with E-state index in [-0.39, 0.29) is 5.78 Å². The highest BCUT2D eigenvalue weighted by Gasteiger charge is 2.11. The molecule has 0 N–H and O–H groups in total. The molecule has 2 aromatic heterocycles. The van der Waals surface area contributed by atoms with Gasteiger partial charge in [0.1, 0.15) is 0 Å². The van der Waals surface area contributed by atoms with Gasteiger partial charge in [-0.3, -0.25) is 14.5 Å². The minimum absolute atomic E-state index is 0.0221. The van der Waals surface area contributed by atoms with Crippen molar-refractivity contribution in [1.29, 1.82) is 0 Å². The quantitative estimate of drug-likeness (QED) is 0.545. The molecule has 24 heavy (non-hydrogen) atoms. The van der Waals surface area contributed by atoms with Crippen LogP contribution in [0.25, 0.3) is 22.3 Å². The standard InChI is InChI=1S/C19H14N4O/c1-23-12-15(10-21-23)18-11-20-16-8-7-14(9-17(16)22-18)19(24)13-5-3-2-4-6-13/h2-12H,1H3. The molecule has 0 unspecified atom stereocenters. The van der Waals surface area contributed by atoms with Crippen molar-refractivity contribution in [3.63, 3.8) is 0 Å². The summed E-state index contributed by atoms with van der Waals surface area (Å²) in [5, 5.41) is 4.15. The van der Waals surface area contributed by atoms with Crippen molar-refractivity contribution in [3.05, 3.63) is 78.2 Å². The lowest BCUT2D eigenvalue weighted by atomic mass is 10.0. The largest absolute Gasteiger partial charge is 0.289 e. The molecule has 0 radical (unpaired) electrons. The molecule has 0 atom stereocenters. The maximum absolute atomic E-state index is 12.6. The molecule has 4 rings (SSSR count). The van der Waals surface area contributed by atoms with Gasteiger partial charge in [-0.15, -0.1) is 0 Å². The molecule has 5 nitrogen and oxygen atoms in total. The molecular weight excluding hydrogens is 300 g/mol. The summed E-state index contributed by atoms with van der Waals surface area (Å²) in [6.45, 7) is 0. The summed E-state index contributed by atoms with van der Waals surface area (Å²) in [5.74, 6) is -0.0221. The van der Waals surface area contributed by atoms with E-state index in [2.05, 4.69) is 15.1 Å². The SMILES string of the molecule is Cn1cc(-c2cnc3ccc(C(=O)c4ccccc4)cc3n2)cn1. The van der Waals surface area contributed by atoms with E-state index in [1.54, 1.807) is 29.2 Å². The van der Waals surface area contributed by atoms with Crippen molar-refractivity contribution in [2.24, 2.45) is 7.05 Å². The maximum Gasteiger partial charge on any atom is 0.193 e. The van der Waals surface area contributed by atoms with Gasteiger partial charge in [0.05, 0.1) is 29.1 Å². The van der Waals surface area contributed by atoms with E-state index in [0.29, 0.717) is 16.6 Å². The van der Waals surface area contributed by atoms with Gasteiger partial charge >= 0.3 is 0 Å². The van der Waals surface area contributed by atoms with Crippen LogP contribution < -0.4 is 0 Å². The number of aryl methyl sites for hydroxylation is 1. The molecule has 116 valence electrons. The van der Waals surface area contributed by atoms with Gasteiger partial charge < -0.3 is 0 Å². The second kappa shape index (κ2) is 5.70. The Balaban J connectivity index is 1.78. The van der Waals surface area contributed by atoms with E-state index in [4.69, 9.17) is 0 Å². The number of benzene rings is 2. The van der Waals surface area contributed by atoms with Crippen LogP contribution in [0.3, 0.4) is 0 Å². The third-order valence-corrected chi connectivity index (χ3v) is 3.84. The molecule has 5 heteroatoms. The number of nitrogens with zero attached hydrogens (tertiary/aromatic N) is 4. The highest BCUT2D eigenvalue weighted by Crippen LogP contribution is 2.20. The zero-order valence-electron chi connectivity index (χ0n) is 13.0. The third kappa shape index (κ3) is 2.56. The average Bonchev–Trinajstić information content (AvgIpc) is 3.07. The number of carbonyl (C=O) groups is 1. The van der Waals surface area contributed by atoms with E-state index in [9.17, 15) is 4.79 Å². The molecule has 0 fully saturated rings. The Morgan fingerprint density at radius 2 is 1.79 bits per heavy atom. The minimum Gasteiger partial charge on any atom is -0.289 e. The van der Waals surface area contributed by atoms with Crippen molar-refractivity contribution in [3.8, 4) is 11.3 Å². The molecule has 0 amide bonds. The molecule has 0 saturated heterocycles. The van der Waals surface area contributed by atoms with Crippen LogP contribution >= 0.6 is 0 Å². The number of hydrogen-bond donors (Lipinski definition) is 0. The van der Waals surface area contributed by atoms with E-state index in [1.807, 2.05) is 49.6 Å². The molecule has 4 aromatic rings. The molecule has 0 bridgehead atoms. The monoisotopic (exact) mass is 314 g/mol. The van der Waals surface area contributed by atoms with Crippen molar-refractivity contribution in [1.82, 2.24) is 19.7 Å². The van der Waals surface area contributed by atoms with Crippen LogP contribution in [0.1, 0.15) is 15.9 Å². The van der Waals surface area contributed by atoms with Gasteiger partial charge in [-0.05, 0) is 18.2 Å². The van der Waals surface area contributed by atoms with Crippen LogP contribution in [0.5, 0.6) is 0 Å². The predicted molar refractivity (Wildman–Crippen MR) is 91.6 cm³/mol. The normalized spacial score (nSPS) is 10.9. The second-order valence-corrected chi connectivity index (χ2v) is 5.56. The van der Waals surface area contributed by atoms with Crippen molar-refractivity contribution in [2.45, 2.75) is 0 Å². The maximum atomic E-state index is 12.6. The lowest BCUT2D eigenvalue weighted by molar-refractivity contribution is 0.103. The first-order valence-corrected chi connectivity index (χ1v) is 7.56. The van der Waals surface area contributed by atoms with Crippen LogP contribution in [0.2, 0.25) is 0 Å². The van der Waals surface area contributed by atoms with E-state index < -0.39 is 0 Å². The van der Waals surface area contributed by atoms with Gasteiger partial charge in [-0.2, -0.15) is 5.10 Å². The molecule has 0 aliphatic rings. The summed E-state index contributed by atoms with van der Waals surface area (Å²) >= 11 is 0. The lowest BCUT2D eigenvalue weighted by Gasteiger charge is -2.04. The molecule has 0 saturated carbocycles. The number of rotatable bonds is 3. The predicted octanol–water partition coefficient (Wildman–Crippen LogP) is 3.26. The zero-order chi connectivity index (χ0) is 16.5. The fourth-order valence-electron chi connectivity index (χ4n) is 2.60. The third-order valence-electron chi connectivity index (χ3n) is 3.84. The summed E-state index contributed by atoms with van der Waals surface area (Å²) in [6.07, 6.45) is 5.35. The van der Waals surface area contributed by atoms with Crippen LogP contribution in [0.15, 0.2) is 67.1 Å². The van der Waals surface area contributed by atoms with Crippen molar-refractivity contribution >= 4 is 16.8 Å². The summed E-state index contributed by atoms with van der Waals surface area (Å²) in [5.41, 5.74) is 4.34. The van der Waals surface area contributed by atoms with Crippen LogP contribution in [0, 0.1) is 0 Å². The highest BCUT2D eigenvalue weighted by atomic mass is 16.1. The summed E-state index contributed by atoms with van der Waals surface area (Å²) in [7, 11) is 1.86. The molecule has 2 heterocycles. The van der Waals surface area contributed by atoms with Gasteiger partial charge in [0.15, 0.2) is 5.78 Å². The van der Waals surface area contributed by atoms with Gasteiger partial charge in [0, 0.05) is 29.9 Å². The molecule has 2 aromatic carbocycles. The zero-order valence-corrected chi connectivity index (χ0v) is 13.0. The Kier molecular flexibility index (Phi) is 3.39. The Morgan fingerprint density at radius 1 is 0.958 bits per heavy atom. The number of hydrogen-bond acceptors (Lipinski definition) is 4. The van der Waals surface area contributed by atoms with Gasteiger partial charge in [0.25, 0.3) is 0 Å². The molecule has 0 aliphatic heterocycles. The first-order chi connectivity index (χ1) is 11.7. The van der Waals surface area contributed by atoms with E-state index >= 15 is 0 Å². The molecule has 0 aliphatic carbocycles. The smallest absolute Gasteiger partial charge is 0.193 e. The highest BCUT2D eigenvalue weighted by molar-refractivity contribution is 6.10. The first-order valence-electron chi connectivity index (χ1n) is 7.56. The first kappa shape index (κ1) is 14.3. The average molecular weight is 314 g/mol. The van der Waals surface area contributed by atoms with Gasteiger partial charge in [-0.1, -0.05) is 30.3 Å². The second-order valence-electron chi connectivity index (χ2n) is 5.56. The number of fused-ring (bicyclic) bond motifs is 1. The fraction of sp³-hybridized carbons (Fsp3) is 0.0526. The lowest BCUT2D eigenvalue weighted by Crippen LogP contribution is -2.01. The Hall–Kier alpha value is -3.34. The van der Waals surface area contributed by atoms with Gasteiger partial charge in [-0.25, -0.2) is 4.98 Å². The molecule has 0 spiro atoms. The van der Waals surface area contributed by atoms with Crippen molar-refractivity contribution < 1.29 is 4.79 Å². The Bertz CT molecular complexity index is 1040. The van der Waals surface area contributed by atoms with E-state index in [1.165, 1.54) is 0 Å². The minimum atomic E-state index is -0.0221. The topological polar surface area (TPSA) is 60.7 Å². The van der Waals surface area contributed by atoms with Gasteiger partial charge in [0.2, 0.25) is 0 Å². The molecular formula is C19H14N4O. The number of aromatic nitrogens is 4. The van der Waals surface area contributed by atoms with Crippen LogP contribution in [-0.4, -0.2) is 25.5 Å². The van der Waals surface area contributed by atoms with Crippen LogP contribution in [0.4, 0.5) is 0 Å². The summed E-state index contributed by atoms with van der Waals surface area (Å²) in [6, 6.07) is 14.6. The van der Waals surface area contributed by atoms with Crippen LogP contribution in [-0.2, 0) is 7.05 Å². The fourth-order valence-corrected chi connectivity index (χ4v) is 2.60. The summed E-state index contributed by atoms with van der Waals surface area (Å²) < 4.78 is 1.72. The Labute approximate surface area is 138 Å². The number of carbonyl (C=O) groups excluding carboxylic acids is 1. The Morgan fingerprint density at radius 3 is 2.54 bits per heavy atom. The van der Waals surface area contributed by atoms with E-state index in [0.717, 1.165) is 16.8 Å².